The molecule has 0 aliphatic heterocycles. The Hall–Kier alpha value is -1.01. The van der Waals surface area contributed by atoms with E-state index in [0.29, 0.717) is 10.9 Å². The molecule has 0 saturated heterocycles. The maximum atomic E-state index is 8.62. The molecule has 0 aliphatic carbocycles. The summed E-state index contributed by atoms with van der Waals surface area (Å²) in [4.78, 5) is 0. The molecule has 0 saturated carbocycles. The van der Waals surface area contributed by atoms with Crippen LogP contribution in [0, 0.1) is 11.3 Å². The second-order valence-corrected chi connectivity index (χ2v) is 2.83. The van der Waals surface area contributed by atoms with Crippen LogP contribution in [-0.2, 0) is 5.33 Å². The molecule has 62 valence electrons. The van der Waals surface area contributed by atoms with E-state index in [9.17, 15) is 0 Å². The van der Waals surface area contributed by atoms with Crippen LogP contribution in [0.3, 0.4) is 0 Å². The lowest BCUT2D eigenvalue weighted by Gasteiger charge is -2.04. The van der Waals surface area contributed by atoms with Crippen LogP contribution in [0.25, 0.3) is 0 Å². The lowest BCUT2D eigenvalue weighted by molar-refractivity contribution is 0.411. The monoisotopic (exact) mass is 225 g/mol. The van der Waals surface area contributed by atoms with Gasteiger partial charge in [0.1, 0.15) is 5.75 Å². The second kappa shape index (κ2) is 4.13. The molecule has 0 fully saturated rings. The van der Waals surface area contributed by atoms with E-state index in [4.69, 9.17) is 10.00 Å². The van der Waals surface area contributed by atoms with Crippen LogP contribution >= 0.6 is 15.9 Å². The Bertz CT molecular complexity index is 317. The van der Waals surface area contributed by atoms with Crippen molar-refractivity contribution in [1.82, 2.24) is 0 Å². The average Bonchev–Trinajstić information content (AvgIpc) is 2.16. The Balaban J connectivity index is 3.13. The molecule has 0 amide bonds. The number of nitriles is 1. The molecule has 0 aliphatic rings. The lowest BCUT2D eigenvalue weighted by atomic mass is 10.1. The first-order valence-corrected chi connectivity index (χ1v) is 4.57. The van der Waals surface area contributed by atoms with Crippen molar-refractivity contribution in [3.05, 3.63) is 29.3 Å². The highest BCUT2D eigenvalue weighted by molar-refractivity contribution is 9.08. The number of ether oxygens (including phenoxy) is 1. The fourth-order valence-electron chi connectivity index (χ4n) is 0.953. The van der Waals surface area contributed by atoms with Crippen molar-refractivity contribution in [1.29, 1.82) is 5.26 Å². The third-order valence-electron chi connectivity index (χ3n) is 1.55. The van der Waals surface area contributed by atoms with Gasteiger partial charge in [0.2, 0.25) is 0 Å². The Kier molecular flexibility index (Phi) is 3.12. The summed E-state index contributed by atoms with van der Waals surface area (Å²) in [5.74, 6) is 0.811. The molecule has 0 spiro atoms. The van der Waals surface area contributed by atoms with Gasteiger partial charge in [-0.25, -0.2) is 0 Å². The van der Waals surface area contributed by atoms with Gasteiger partial charge in [-0.2, -0.15) is 5.26 Å². The predicted octanol–water partition coefficient (Wildman–Crippen LogP) is 2.46. The Morgan fingerprint density at radius 3 is 2.83 bits per heavy atom. The van der Waals surface area contributed by atoms with Crippen LogP contribution in [0.1, 0.15) is 11.1 Å². The van der Waals surface area contributed by atoms with E-state index < -0.39 is 0 Å². The number of methoxy groups -OCH3 is 1. The van der Waals surface area contributed by atoms with Crippen molar-refractivity contribution >= 4 is 15.9 Å². The number of alkyl halides is 1. The van der Waals surface area contributed by atoms with Gasteiger partial charge in [0, 0.05) is 10.9 Å². The van der Waals surface area contributed by atoms with Gasteiger partial charge < -0.3 is 4.74 Å². The molecule has 0 aromatic heterocycles. The number of rotatable bonds is 2. The molecule has 0 bridgehead atoms. The number of halogens is 1. The molecular weight excluding hydrogens is 218 g/mol. The fraction of sp³-hybridized carbons (Fsp3) is 0.222. The van der Waals surface area contributed by atoms with Crippen LogP contribution in [-0.4, -0.2) is 7.11 Å². The van der Waals surface area contributed by atoms with E-state index in [1.807, 2.05) is 6.07 Å². The zero-order chi connectivity index (χ0) is 8.97. The highest BCUT2D eigenvalue weighted by Gasteiger charge is 2.01. The third-order valence-corrected chi connectivity index (χ3v) is 2.16. The predicted molar refractivity (Wildman–Crippen MR) is 50.3 cm³/mol. The van der Waals surface area contributed by atoms with E-state index >= 15 is 0 Å². The first-order valence-electron chi connectivity index (χ1n) is 3.44. The summed E-state index contributed by atoms with van der Waals surface area (Å²) in [5.41, 5.74) is 1.65. The van der Waals surface area contributed by atoms with Crippen molar-refractivity contribution in [2.24, 2.45) is 0 Å². The zero-order valence-corrected chi connectivity index (χ0v) is 8.26. The van der Waals surface area contributed by atoms with E-state index in [0.717, 1.165) is 11.3 Å². The van der Waals surface area contributed by atoms with Gasteiger partial charge in [0.15, 0.2) is 0 Å². The van der Waals surface area contributed by atoms with Crippen molar-refractivity contribution in [3.8, 4) is 11.8 Å². The van der Waals surface area contributed by atoms with Gasteiger partial charge in [0.05, 0.1) is 18.7 Å². The van der Waals surface area contributed by atoms with E-state index in [2.05, 4.69) is 22.0 Å². The molecular formula is C9H8BrNO. The van der Waals surface area contributed by atoms with Gasteiger partial charge in [-0.3, -0.25) is 0 Å². The summed E-state index contributed by atoms with van der Waals surface area (Å²) < 4.78 is 5.10. The summed E-state index contributed by atoms with van der Waals surface area (Å²) in [7, 11) is 1.62. The van der Waals surface area contributed by atoms with E-state index in [1.165, 1.54) is 0 Å². The molecule has 0 unspecified atom stereocenters. The molecule has 1 aromatic carbocycles. The van der Waals surface area contributed by atoms with Crippen molar-refractivity contribution < 1.29 is 4.74 Å². The summed E-state index contributed by atoms with van der Waals surface area (Å²) in [5, 5.41) is 9.32. The lowest BCUT2D eigenvalue weighted by Crippen LogP contribution is -1.89. The van der Waals surface area contributed by atoms with Gasteiger partial charge >= 0.3 is 0 Å². The molecule has 1 rings (SSSR count). The second-order valence-electron chi connectivity index (χ2n) is 2.27. The van der Waals surface area contributed by atoms with Crippen LogP contribution < -0.4 is 4.74 Å². The van der Waals surface area contributed by atoms with Crippen molar-refractivity contribution in [2.75, 3.05) is 7.11 Å². The van der Waals surface area contributed by atoms with E-state index in [1.54, 1.807) is 19.2 Å². The van der Waals surface area contributed by atoms with Crippen molar-refractivity contribution in [3.63, 3.8) is 0 Å². The first-order chi connectivity index (χ1) is 5.81. The highest BCUT2D eigenvalue weighted by Crippen LogP contribution is 2.21. The summed E-state index contributed by atoms with van der Waals surface area (Å²) in [6.07, 6.45) is 0. The van der Waals surface area contributed by atoms with E-state index in [-0.39, 0.29) is 0 Å². The number of hydrogen-bond donors (Lipinski definition) is 0. The molecule has 12 heavy (non-hydrogen) atoms. The van der Waals surface area contributed by atoms with Gasteiger partial charge in [0.25, 0.3) is 0 Å². The van der Waals surface area contributed by atoms with Crippen molar-refractivity contribution in [2.45, 2.75) is 5.33 Å². The Morgan fingerprint density at radius 1 is 1.58 bits per heavy atom. The topological polar surface area (TPSA) is 33.0 Å². The van der Waals surface area contributed by atoms with Crippen LogP contribution in [0.5, 0.6) is 5.75 Å². The summed E-state index contributed by atoms with van der Waals surface area (Å²) in [6.45, 7) is 0. The number of hydrogen-bond acceptors (Lipinski definition) is 2. The van der Waals surface area contributed by atoms with Gasteiger partial charge in [-0.05, 0) is 18.2 Å². The minimum absolute atomic E-state index is 0.658. The molecule has 2 nitrogen and oxygen atoms in total. The van der Waals surface area contributed by atoms with Crippen LogP contribution in [0.4, 0.5) is 0 Å². The number of nitrogens with zero attached hydrogens (tertiary/aromatic N) is 1. The average molecular weight is 226 g/mol. The van der Waals surface area contributed by atoms with Crippen LogP contribution in [0.15, 0.2) is 18.2 Å². The van der Waals surface area contributed by atoms with Gasteiger partial charge in [-0.15, -0.1) is 0 Å². The van der Waals surface area contributed by atoms with Crippen LogP contribution in [0.2, 0.25) is 0 Å². The first kappa shape index (κ1) is 9.08. The minimum Gasteiger partial charge on any atom is -0.496 e. The molecule has 1 aromatic rings. The standard InChI is InChI=1S/C9H8BrNO/c1-12-9-3-2-7(6-11)4-8(9)5-10/h2-4H,5H2,1H3. The maximum Gasteiger partial charge on any atom is 0.122 e. The number of benzene rings is 1. The molecule has 0 radical (unpaired) electrons. The highest BCUT2D eigenvalue weighted by atomic mass is 79.9. The third kappa shape index (κ3) is 1.77. The van der Waals surface area contributed by atoms with Gasteiger partial charge in [-0.1, -0.05) is 15.9 Å². The minimum atomic E-state index is 0.658. The quantitative estimate of drug-likeness (QED) is 0.725. The maximum absolute atomic E-state index is 8.62. The summed E-state index contributed by atoms with van der Waals surface area (Å²) in [6, 6.07) is 7.43. The fourth-order valence-corrected chi connectivity index (χ4v) is 1.39. The zero-order valence-electron chi connectivity index (χ0n) is 6.67. The smallest absolute Gasteiger partial charge is 0.122 e. The normalized spacial score (nSPS) is 9.08. The molecule has 3 heteroatoms. The Morgan fingerprint density at radius 2 is 2.33 bits per heavy atom. The summed E-state index contributed by atoms with van der Waals surface area (Å²) >= 11 is 3.32. The SMILES string of the molecule is COc1ccc(C#N)cc1CBr. The Labute approximate surface area is 79.9 Å². The molecule has 0 atom stereocenters. The largest absolute Gasteiger partial charge is 0.496 e. The molecule has 0 heterocycles. The molecule has 0 N–H and O–H groups in total.